The van der Waals surface area contributed by atoms with Crippen molar-refractivity contribution in [3.05, 3.63) is 24.3 Å². The molecule has 9 heteroatoms. The predicted molar refractivity (Wildman–Crippen MR) is 244 cm³/mol. The third-order valence-electron chi connectivity index (χ3n) is 12.4. The van der Waals surface area contributed by atoms with Crippen molar-refractivity contribution in [2.24, 2.45) is 0 Å². The van der Waals surface area contributed by atoms with Crippen molar-refractivity contribution in [2.75, 3.05) is 6.61 Å². The molecule has 59 heavy (non-hydrogen) atoms. The molecule has 0 aliphatic carbocycles. The lowest BCUT2D eigenvalue weighted by atomic mass is 9.88. The minimum absolute atomic E-state index is 0.500. The SMILES string of the molecule is CCCCCCCCCCCCC/C=C/[C@@H](O)[C@@H](NC(=O)C=CCCCCCCCCCCCCCCCCCCCCCCC)C(O)C1O[C@H](CO)[C@H](O)[C@H](O)[C@H]1O. The van der Waals surface area contributed by atoms with Crippen molar-refractivity contribution in [1.29, 1.82) is 0 Å². The molecule has 0 aromatic carbocycles. The summed E-state index contributed by atoms with van der Waals surface area (Å²) in [7, 11) is 0. The molecule has 7 N–H and O–H groups in total. The standard InChI is InChI=1S/C50H95NO8/c1-3-5-7-9-11-13-15-17-18-19-20-21-22-23-24-25-26-28-30-32-34-36-38-40-44(54)51-45(47(56)50-49(58)48(57)46(55)43(41-52)59-50)42(53)39-37-35-33-31-29-27-16-14-12-10-8-6-4-2/h37-40,42-43,45-50,52-53,55-58H,3-36,41H2,1-2H3,(H,51,54)/b39-37+,40-38?/t42-,43-,45-,46+,47?,48+,49-,50?/m1/s1. The van der Waals surface area contributed by atoms with Crippen LogP contribution in [0.5, 0.6) is 0 Å². The van der Waals surface area contributed by atoms with Gasteiger partial charge in [0.2, 0.25) is 5.91 Å². The average Bonchev–Trinajstić information content (AvgIpc) is 3.23. The molecule has 1 fully saturated rings. The van der Waals surface area contributed by atoms with E-state index in [1.807, 2.05) is 6.08 Å². The van der Waals surface area contributed by atoms with Gasteiger partial charge in [-0.05, 0) is 31.8 Å². The van der Waals surface area contributed by atoms with Crippen molar-refractivity contribution in [2.45, 2.75) is 281 Å². The van der Waals surface area contributed by atoms with E-state index in [0.717, 1.165) is 38.5 Å². The molecule has 0 saturated carbocycles. The van der Waals surface area contributed by atoms with E-state index in [2.05, 4.69) is 19.2 Å². The van der Waals surface area contributed by atoms with Crippen LogP contribution in [0.1, 0.15) is 232 Å². The van der Waals surface area contributed by atoms with Crippen LogP contribution in [0.2, 0.25) is 0 Å². The van der Waals surface area contributed by atoms with E-state index in [4.69, 9.17) is 4.74 Å². The van der Waals surface area contributed by atoms with Crippen LogP contribution in [-0.2, 0) is 9.53 Å². The van der Waals surface area contributed by atoms with Crippen LogP contribution in [0, 0.1) is 0 Å². The monoisotopic (exact) mass is 838 g/mol. The number of unbranched alkanes of at least 4 members (excludes halogenated alkanes) is 32. The largest absolute Gasteiger partial charge is 0.394 e. The minimum Gasteiger partial charge on any atom is -0.394 e. The number of hydrogen-bond acceptors (Lipinski definition) is 8. The summed E-state index contributed by atoms with van der Waals surface area (Å²) in [6, 6.07) is -1.27. The van der Waals surface area contributed by atoms with Crippen LogP contribution >= 0.6 is 0 Å². The molecule has 0 aromatic heterocycles. The summed E-state index contributed by atoms with van der Waals surface area (Å²) in [5, 5.41) is 66.0. The second kappa shape index (κ2) is 39.5. The number of aliphatic hydroxyl groups is 6. The summed E-state index contributed by atoms with van der Waals surface area (Å²) in [6.07, 6.45) is 39.2. The first-order chi connectivity index (χ1) is 28.8. The second-order valence-electron chi connectivity index (χ2n) is 17.8. The first kappa shape index (κ1) is 55.7. The van der Waals surface area contributed by atoms with Gasteiger partial charge < -0.3 is 40.7 Å². The van der Waals surface area contributed by atoms with Crippen LogP contribution in [0.3, 0.4) is 0 Å². The summed E-state index contributed by atoms with van der Waals surface area (Å²) in [6.45, 7) is 3.87. The lowest BCUT2D eigenvalue weighted by Gasteiger charge is -2.43. The van der Waals surface area contributed by atoms with Crippen LogP contribution in [0.4, 0.5) is 0 Å². The Labute approximate surface area is 362 Å². The number of carbonyl (C=O) groups excluding carboxylic acids is 1. The zero-order valence-electron chi connectivity index (χ0n) is 38.2. The van der Waals surface area contributed by atoms with Crippen LogP contribution < -0.4 is 5.32 Å². The number of aliphatic hydroxyl groups excluding tert-OH is 6. The zero-order chi connectivity index (χ0) is 43.2. The Morgan fingerprint density at radius 2 is 0.881 bits per heavy atom. The highest BCUT2D eigenvalue weighted by molar-refractivity contribution is 5.87. The molecule has 0 radical (unpaired) electrons. The molecule has 1 aliphatic rings. The molecule has 1 rings (SSSR count). The molecule has 1 heterocycles. The molecule has 0 bridgehead atoms. The van der Waals surface area contributed by atoms with Gasteiger partial charge in [-0.2, -0.15) is 0 Å². The smallest absolute Gasteiger partial charge is 0.244 e. The number of rotatable bonds is 41. The third-order valence-corrected chi connectivity index (χ3v) is 12.4. The highest BCUT2D eigenvalue weighted by atomic mass is 16.6. The average molecular weight is 838 g/mol. The number of nitrogens with one attached hydrogen (secondary N) is 1. The molecular weight excluding hydrogens is 743 g/mol. The van der Waals surface area contributed by atoms with Crippen molar-refractivity contribution < 1.29 is 40.2 Å². The number of hydrogen-bond donors (Lipinski definition) is 7. The third kappa shape index (κ3) is 28.8. The predicted octanol–water partition coefficient (Wildman–Crippen LogP) is 10.5. The Kier molecular flexibility index (Phi) is 37.3. The van der Waals surface area contributed by atoms with Gasteiger partial charge in [0, 0.05) is 0 Å². The van der Waals surface area contributed by atoms with E-state index in [-0.39, 0.29) is 0 Å². The quantitative estimate of drug-likeness (QED) is 0.0182. The highest BCUT2D eigenvalue weighted by Gasteiger charge is 2.48. The highest BCUT2D eigenvalue weighted by Crippen LogP contribution is 2.26. The first-order valence-corrected chi connectivity index (χ1v) is 25.1. The topological polar surface area (TPSA) is 160 Å². The Hall–Kier alpha value is -1.33. The Balaban J connectivity index is 2.34. The fourth-order valence-electron chi connectivity index (χ4n) is 8.37. The van der Waals surface area contributed by atoms with Gasteiger partial charge in [0.15, 0.2) is 0 Å². The van der Waals surface area contributed by atoms with Gasteiger partial charge in [0.1, 0.15) is 36.6 Å². The maximum Gasteiger partial charge on any atom is 0.244 e. The normalized spacial score (nSPS) is 21.4. The number of allylic oxidation sites excluding steroid dienone is 2. The van der Waals surface area contributed by atoms with E-state index in [9.17, 15) is 35.4 Å². The molecule has 348 valence electrons. The van der Waals surface area contributed by atoms with Crippen LogP contribution in [0.25, 0.3) is 0 Å². The fourth-order valence-corrected chi connectivity index (χ4v) is 8.37. The summed E-state index contributed by atoms with van der Waals surface area (Å²) in [5.41, 5.74) is 0. The molecule has 8 atom stereocenters. The molecule has 2 unspecified atom stereocenters. The number of carbonyl (C=O) groups is 1. The summed E-state index contributed by atoms with van der Waals surface area (Å²) < 4.78 is 5.58. The van der Waals surface area contributed by atoms with Gasteiger partial charge in [0.05, 0.1) is 18.8 Å². The van der Waals surface area contributed by atoms with Gasteiger partial charge in [-0.1, -0.05) is 225 Å². The van der Waals surface area contributed by atoms with Gasteiger partial charge in [-0.25, -0.2) is 0 Å². The van der Waals surface area contributed by atoms with Crippen LogP contribution in [0.15, 0.2) is 24.3 Å². The van der Waals surface area contributed by atoms with Crippen LogP contribution in [-0.4, -0.2) is 91.9 Å². The molecule has 1 amide bonds. The maximum absolute atomic E-state index is 13.0. The minimum atomic E-state index is -1.70. The molecule has 0 aromatic rings. The van der Waals surface area contributed by atoms with E-state index < -0.39 is 61.3 Å². The second-order valence-corrected chi connectivity index (χ2v) is 17.8. The van der Waals surface area contributed by atoms with E-state index in [1.165, 1.54) is 192 Å². The number of amides is 1. The summed E-state index contributed by atoms with van der Waals surface area (Å²) in [4.78, 5) is 13.0. The summed E-state index contributed by atoms with van der Waals surface area (Å²) in [5.74, 6) is -0.500. The van der Waals surface area contributed by atoms with E-state index >= 15 is 0 Å². The Morgan fingerprint density at radius 1 is 0.525 bits per heavy atom. The Morgan fingerprint density at radius 3 is 1.25 bits per heavy atom. The zero-order valence-corrected chi connectivity index (χ0v) is 38.2. The van der Waals surface area contributed by atoms with Crippen molar-refractivity contribution in [3.8, 4) is 0 Å². The number of ether oxygens (including phenoxy) is 1. The summed E-state index contributed by atoms with van der Waals surface area (Å²) >= 11 is 0. The van der Waals surface area contributed by atoms with E-state index in [1.54, 1.807) is 6.08 Å². The van der Waals surface area contributed by atoms with Crippen molar-refractivity contribution in [3.63, 3.8) is 0 Å². The van der Waals surface area contributed by atoms with Gasteiger partial charge in [-0.15, -0.1) is 0 Å². The fraction of sp³-hybridized carbons (Fsp3) is 0.900. The molecule has 1 aliphatic heterocycles. The maximum atomic E-state index is 13.0. The lowest BCUT2D eigenvalue weighted by molar-refractivity contribution is -0.253. The van der Waals surface area contributed by atoms with Crippen molar-refractivity contribution in [1.82, 2.24) is 5.32 Å². The lowest BCUT2D eigenvalue weighted by Crippen LogP contribution is -2.65. The molecule has 9 nitrogen and oxygen atoms in total. The van der Waals surface area contributed by atoms with E-state index in [0.29, 0.717) is 0 Å². The molecular formula is C50H95NO8. The van der Waals surface area contributed by atoms with Gasteiger partial charge in [0.25, 0.3) is 0 Å². The molecule has 1 saturated heterocycles. The first-order valence-electron chi connectivity index (χ1n) is 25.1. The van der Waals surface area contributed by atoms with Gasteiger partial charge >= 0.3 is 0 Å². The molecule has 0 spiro atoms. The van der Waals surface area contributed by atoms with Gasteiger partial charge in [-0.3, -0.25) is 4.79 Å². The van der Waals surface area contributed by atoms with Crippen molar-refractivity contribution >= 4 is 5.91 Å². The Bertz CT molecular complexity index is 992.